The van der Waals surface area contributed by atoms with Crippen LogP contribution < -0.4 is 9.84 Å². The molecule has 4 rings (SSSR count). The standard InChI is InChI=1S/C23H21N3O3S/c27-22(28)16-30-23-25-24-21(26(23)14-13-17-7-2-1-3-8-17)15-29-20-12-6-10-18-9-4-5-11-19(18)20/h1-12H,13-16H2,(H,27,28)/p-1. The van der Waals surface area contributed by atoms with E-state index in [2.05, 4.69) is 22.3 Å². The van der Waals surface area contributed by atoms with Gasteiger partial charge in [0.25, 0.3) is 0 Å². The maximum Gasteiger partial charge on any atom is 0.191 e. The Balaban J connectivity index is 1.54. The fourth-order valence-corrected chi connectivity index (χ4v) is 3.93. The fourth-order valence-electron chi connectivity index (χ4n) is 3.23. The van der Waals surface area contributed by atoms with Gasteiger partial charge in [0.2, 0.25) is 0 Å². The maximum absolute atomic E-state index is 10.9. The highest BCUT2D eigenvalue weighted by molar-refractivity contribution is 7.99. The first-order valence-corrected chi connectivity index (χ1v) is 10.6. The number of carbonyl (C=O) groups is 1. The highest BCUT2D eigenvalue weighted by Crippen LogP contribution is 2.26. The van der Waals surface area contributed by atoms with Gasteiger partial charge in [-0.2, -0.15) is 0 Å². The van der Waals surface area contributed by atoms with Gasteiger partial charge < -0.3 is 19.2 Å². The number of carboxylic acid groups (broad SMARTS) is 1. The van der Waals surface area contributed by atoms with Gasteiger partial charge >= 0.3 is 0 Å². The molecule has 0 aliphatic heterocycles. The van der Waals surface area contributed by atoms with Crippen LogP contribution in [-0.2, 0) is 24.4 Å². The summed E-state index contributed by atoms with van der Waals surface area (Å²) in [5.41, 5.74) is 1.18. The third-order valence-corrected chi connectivity index (χ3v) is 5.63. The number of hydrogen-bond donors (Lipinski definition) is 0. The maximum atomic E-state index is 10.9. The van der Waals surface area contributed by atoms with Gasteiger partial charge in [0, 0.05) is 17.7 Å². The number of fused-ring (bicyclic) bond motifs is 1. The molecule has 0 amide bonds. The summed E-state index contributed by atoms with van der Waals surface area (Å²) < 4.78 is 8.00. The van der Waals surface area contributed by atoms with Crippen LogP contribution in [0.1, 0.15) is 11.4 Å². The second-order valence-corrected chi connectivity index (χ2v) is 7.66. The lowest BCUT2D eigenvalue weighted by molar-refractivity contribution is -0.301. The number of hydrogen-bond acceptors (Lipinski definition) is 6. The molecule has 0 spiro atoms. The lowest BCUT2D eigenvalue weighted by atomic mass is 10.1. The predicted octanol–water partition coefficient (Wildman–Crippen LogP) is 3.10. The summed E-state index contributed by atoms with van der Waals surface area (Å²) in [5, 5.41) is 22.0. The van der Waals surface area contributed by atoms with Gasteiger partial charge in [0.1, 0.15) is 12.4 Å². The van der Waals surface area contributed by atoms with Gasteiger partial charge in [0.15, 0.2) is 11.0 Å². The van der Waals surface area contributed by atoms with E-state index in [4.69, 9.17) is 4.74 Å². The number of aryl methyl sites for hydroxylation is 1. The van der Waals surface area contributed by atoms with Crippen LogP contribution in [0.3, 0.4) is 0 Å². The molecule has 0 bridgehead atoms. The molecular weight excluding hydrogens is 398 g/mol. The smallest absolute Gasteiger partial charge is 0.191 e. The Morgan fingerprint density at radius 1 is 0.967 bits per heavy atom. The molecule has 1 heterocycles. The quantitative estimate of drug-likeness (QED) is 0.389. The minimum absolute atomic E-state index is 0.173. The Morgan fingerprint density at radius 2 is 1.73 bits per heavy atom. The van der Waals surface area contributed by atoms with Crippen molar-refractivity contribution in [2.24, 2.45) is 0 Å². The Labute approximate surface area is 178 Å². The Kier molecular flexibility index (Phi) is 6.29. The van der Waals surface area contributed by atoms with Crippen molar-refractivity contribution < 1.29 is 14.6 Å². The molecule has 0 atom stereocenters. The van der Waals surface area contributed by atoms with Gasteiger partial charge in [-0.15, -0.1) is 10.2 Å². The van der Waals surface area contributed by atoms with Crippen molar-refractivity contribution in [3.05, 3.63) is 84.2 Å². The first-order chi connectivity index (χ1) is 14.7. The molecule has 0 aliphatic rings. The van der Waals surface area contributed by atoms with Gasteiger partial charge in [-0.1, -0.05) is 78.5 Å². The number of carbonyl (C=O) groups excluding carboxylic acids is 1. The van der Waals surface area contributed by atoms with Crippen molar-refractivity contribution in [2.75, 3.05) is 5.75 Å². The molecule has 0 radical (unpaired) electrons. The van der Waals surface area contributed by atoms with Crippen LogP contribution >= 0.6 is 11.8 Å². The van der Waals surface area contributed by atoms with Gasteiger partial charge in [-0.05, 0) is 23.4 Å². The first-order valence-electron chi connectivity index (χ1n) is 9.60. The number of thioether (sulfide) groups is 1. The molecule has 0 N–H and O–H groups in total. The number of aromatic nitrogens is 3. The van der Waals surface area contributed by atoms with E-state index in [1.807, 2.05) is 65.2 Å². The third kappa shape index (κ3) is 4.80. The van der Waals surface area contributed by atoms with E-state index in [9.17, 15) is 9.90 Å². The normalized spacial score (nSPS) is 10.9. The summed E-state index contributed by atoms with van der Waals surface area (Å²) in [4.78, 5) is 10.9. The molecule has 1 aromatic heterocycles. The topological polar surface area (TPSA) is 80.1 Å². The Morgan fingerprint density at radius 3 is 2.57 bits per heavy atom. The van der Waals surface area contributed by atoms with E-state index >= 15 is 0 Å². The zero-order chi connectivity index (χ0) is 20.8. The molecule has 30 heavy (non-hydrogen) atoms. The number of ether oxygens (including phenoxy) is 1. The van der Waals surface area contributed by atoms with Crippen molar-refractivity contribution in [1.29, 1.82) is 0 Å². The molecular formula is C23H20N3O3S-. The summed E-state index contributed by atoms with van der Waals surface area (Å²) in [6.45, 7) is 0.863. The summed E-state index contributed by atoms with van der Waals surface area (Å²) in [6.07, 6.45) is 0.777. The van der Waals surface area contributed by atoms with Crippen molar-refractivity contribution in [3.63, 3.8) is 0 Å². The molecule has 4 aromatic rings. The number of nitrogens with zero attached hydrogens (tertiary/aromatic N) is 3. The number of rotatable bonds is 9. The van der Waals surface area contributed by atoms with Crippen molar-refractivity contribution >= 4 is 28.5 Å². The lowest BCUT2D eigenvalue weighted by Crippen LogP contribution is -2.24. The number of benzene rings is 3. The SMILES string of the molecule is O=C([O-])CSc1nnc(COc2cccc3ccccc23)n1CCc1ccccc1. The van der Waals surface area contributed by atoms with Crippen LogP contribution in [-0.4, -0.2) is 26.5 Å². The average Bonchev–Trinajstić information content (AvgIpc) is 3.17. The number of aliphatic carboxylic acids is 1. The van der Waals surface area contributed by atoms with Crippen LogP contribution in [0, 0.1) is 0 Å². The molecule has 6 nitrogen and oxygen atoms in total. The van der Waals surface area contributed by atoms with Crippen LogP contribution in [0.4, 0.5) is 0 Å². The van der Waals surface area contributed by atoms with Crippen molar-refractivity contribution in [3.8, 4) is 5.75 Å². The highest BCUT2D eigenvalue weighted by atomic mass is 32.2. The summed E-state index contributed by atoms with van der Waals surface area (Å²) in [5.74, 6) is 0.119. The highest BCUT2D eigenvalue weighted by Gasteiger charge is 2.14. The van der Waals surface area contributed by atoms with E-state index in [1.165, 1.54) is 5.56 Å². The van der Waals surface area contributed by atoms with Crippen LogP contribution in [0.5, 0.6) is 5.75 Å². The van der Waals surface area contributed by atoms with E-state index in [1.54, 1.807) is 0 Å². The van der Waals surface area contributed by atoms with Crippen LogP contribution in [0.25, 0.3) is 10.8 Å². The zero-order valence-electron chi connectivity index (χ0n) is 16.2. The lowest BCUT2D eigenvalue weighted by Gasteiger charge is -2.12. The third-order valence-electron chi connectivity index (χ3n) is 4.69. The van der Waals surface area contributed by atoms with Gasteiger partial charge in [0.05, 0.1) is 5.97 Å². The van der Waals surface area contributed by atoms with Crippen LogP contribution in [0.2, 0.25) is 0 Å². The Hall–Kier alpha value is -3.32. The van der Waals surface area contributed by atoms with Crippen molar-refractivity contribution in [2.45, 2.75) is 24.7 Å². The predicted molar refractivity (Wildman–Crippen MR) is 114 cm³/mol. The van der Waals surface area contributed by atoms with Gasteiger partial charge in [-0.25, -0.2) is 0 Å². The van der Waals surface area contributed by atoms with E-state index < -0.39 is 5.97 Å². The Bertz CT molecular complexity index is 1140. The first kappa shape index (κ1) is 20.0. The summed E-state index contributed by atoms with van der Waals surface area (Å²) in [7, 11) is 0. The van der Waals surface area contributed by atoms with E-state index in [0.717, 1.165) is 34.7 Å². The zero-order valence-corrected chi connectivity index (χ0v) is 17.0. The van der Waals surface area contributed by atoms with Crippen molar-refractivity contribution in [1.82, 2.24) is 14.8 Å². The molecule has 0 fully saturated rings. The van der Waals surface area contributed by atoms with Gasteiger partial charge in [-0.3, -0.25) is 0 Å². The largest absolute Gasteiger partial charge is 0.549 e. The second kappa shape index (κ2) is 9.45. The molecule has 0 saturated carbocycles. The van der Waals surface area contributed by atoms with Crippen LogP contribution in [0.15, 0.2) is 78.0 Å². The summed E-state index contributed by atoms with van der Waals surface area (Å²) in [6, 6.07) is 24.1. The minimum Gasteiger partial charge on any atom is -0.549 e. The monoisotopic (exact) mass is 418 g/mol. The summed E-state index contributed by atoms with van der Waals surface area (Å²) >= 11 is 1.11. The average molecular weight is 418 g/mol. The number of carboxylic acids is 1. The molecule has 7 heteroatoms. The molecule has 0 unspecified atom stereocenters. The fraction of sp³-hybridized carbons (Fsp3) is 0.174. The second-order valence-electron chi connectivity index (χ2n) is 6.71. The molecule has 0 aliphatic carbocycles. The van der Waals surface area contributed by atoms with E-state index in [-0.39, 0.29) is 12.4 Å². The molecule has 0 saturated heterocycles. The minimum atomic E-state index is -1.13. The van der Waals surface area contributed by atoms with E-state index in [0.29, 0.717) is 17.5 Å². The molecule has 152 valence electrons. The molecule has 3 aromatic carbocycles.